The molecule has 1 aromatic rings. The topological polar surface area (TPSA) is 35.6 Å². The molecule has 1 unspecified atom stereocenters. The monoisotopic (exact) mass is 289 g/mol. The van der Waals surface area contributed by atoms with Crippen molar-refractivity contribution >= 4 is 5.91 Å². The van der Waals surface area contributed by atoms with Crippen LogP contribution in [0.3, 0.4) is 0 Å². The Morgan fingerprint density at radius 2 is 2.00 bits per heavy atom. The van der Waals surface area contributed by atoms with Crippen LogP contribution >= 0.6 is 0 Å². The largest absolute Gasteiger partial charge is 0.333 e. The molecule has 1 N–H and O–H groups in total. The van der Waals surface area contributed by atoms with Gasteiger partial charge in [0.1, 0.15) is 0 Å². The lowest BCUT2D eigenvalue weighted by atomic mass is 10.0. The van der Waals surface area contributed by atoms with Gasteiger partial charge in [-0.3, -0.25) is 4.79 Å². The van der Waals surface area contributed by atoms with Gasteiger partial charge in [0.05, 0.1) is 6.04 Å². The van der Waals surface area contributed by atoms with E-state index in [2.05, 4.69) is 48.1 Å². The van der Waals surface area contributed by atoms with Gasteiger partial charge in [0, 0.05) is 38.6 Å². The highest BCUT2D eigenvalue weighted by atomic mass is 16.2. The smallest absolute Gasteiger partial charge is 0.224 e. The maximum atomic E-state index is 12.5. The van der Waals surface area contributed by atoms with E-state index in [-0.39, 0.29) is 11.9 Å². The number of nitrogens with one attached hydrogen (secondary N) is 1. The summed E-state index contributed by atoms with van der Waals surface area (Å²) in [4.78, 5) is 16.9. The van der Waals surface area contributed by atoms with Gasteiger partial charge < -0.3 is 15.1 Å². The van der Waals surface area contributed by atoms with E-state index in [1.54, 1.807) is 0 Å². The van der Waals surface area contributed by atoms with E-state index in [1.165, 1.54) is 5.56 Å². The van der Waals surface area contributed by atoms with E-state index in [0.29, 0.717) is 12.5 Å². The maximum Gasteiger partial charge on any atom is 0.224 e. The Balaban J connectivity index is 2.03. The molecule has 1 heterocycles. The van der Waals surface area contributed by atoms with Gasteiger partial charge in [0.25, 0.3) is 0 Å². The standard InChI is InChI=1S/C17H27N3O/c1-14(2)18-10-9-17(21)20-12-11-19(3)13-16(20)15-7-5-4-6-8-15/h4-8,14,16,18H,9-13H2,1-3H3. The van der Waals surface area contributed by atoms with Crippen LogP contribution in [0.15, 0.2) is 30.3 Å². The molecule has 1 aliphatic heterocycles. The number of likely N-dealkylation sites (N-methyl/N-ethyl adjacent to an activating group) is 1. The predicted molar refractivity (Wildman–Crippen MR) is 86.1 cm³/mol. The molecule has 116 valence electrons. The third kappa shape index (κ3) is 4.55. The molecule has 4 heteroatoms. The number of nitrogens with zero attached hydrogens (tertiary/aromatic N) is 2. The number of amides is 1. The van der Waals surface area contributed by atoms with Gasteiger partial charge in [-0.1, -0.05) is 44.2 Å². The molecule has 1 saturated heterocycles. The van der Waals surface area contributed by atoms with E-state index in [1.807, 2.05) is 18.2 Å². The minimum Gasteiger partial charge on any atom is -0.333 e. The predicted octanol–water partition coefficient (Wildman–Crippen LogP) is 1.89. The SMILES string of the molecule is CC(C)NCCC(=O)N1CCN(C)CC1c1ccccc1. The number of hydrogen-bond acceptors (Lipinski definition) is 3. The average molecular weight is 289 g/mol. The van der Waals surface area contributed by atoms with E-state index < -0.39 is 0 Å². The van der Waals surface area contributed by atoms with Crippen LogP contribution < -0.4 is 5.32 Å². The maximum absolute atomic E-state index is 12.5. The molecule has 1 aromatic carbocycles. The highest BCUT2D eigenvalue weighted by molar-refractivity contribution is 5.77. The fourth-order valence-corrected chi connectivity index (χ4v) is 2.79. The lowest BCUT2D eigenvalue weighted by molar-refractivity contribution is -0.136. The molecular weight excluding hydrogens is 262 g/mol. The van der Waals surface area contributed by atoms with Crippen molar-refractivity contribution in [2.24, 2.45) is 0 Å². The number of benzene rings is 1. The first-order valence-electron chi connectivity index (χ1n) is 7.84. The molecule has 0 saturated carbocycles. The summed E-state index contributed by atoms with van der Waals surface area (Å²) < 4.78 is 0. The molecule has 0 spiro atoms. The number of rotatable bonds is 5. The summed E-state index contributed by atoms with van der Waals surface area (Å²) in [6, 6.07) is 11.0. The summed E-state index contributed by atoms with van der Waals surface area (Å²) in [5.74, 6) is 0.255. The molecule has 2 rings (SSSR count). The van der Waals surface area contributed by atoms with Gasteiger partial charge in [0.15, 0.2) is 0 Å². The Bertz CT molecular complexity index is 447. The fourth-order valence-electron chi connectivity index (χ4n) is 2.79. The zero-order valence-corrected chi connectivity index (χ0v) is 13.4. The molecule has 0 aliphatic carbocycles. The Labute approximate surface area is 128 Å². The van der Waals surface area contributed by atoms with Crippen LogP contribution in [0.4, 0.5) is 0 Å². The molecular formula is C17H27N3O. The Morgan fingerprint density at radius 1 is 1.29 bits per heavy atom. The molecule has 0 radical (unpaired) electrons. The fraction of sp³-hybridized carbons (Fsp3) is 0.588. The van der Waals surface area contributed by atoms with Gasteiger partial charge in [-0.25, -0.2) is 0 Å². The van der Waals surface area contributed by atoms with Crippen LogP contribution in [-0.4, -0.2) is 55.0 Å². The number of carbonyl (C=O) groups excluding carboxylic acids is 1. The molecule has 1 fully saturated rings. The summed E-state index contributed by atoms with van der Waals surface area (Å²) in [6.45, 7) is 7.64. The second-order valence-electron chi connectivity index (χ2n) is 6.13. The zero-order valence-electron chi connectivity index (χ0n) is 13.4. The van der Waals surface area contributed by atoms with E-state index >= 15 is 0 Å². The van der Waals surface area contributed by atoms with Crippen molar-refractivity contribution < 1.29 is 4.79 Å². The van der Waals surface area contributed by atoms with Crippen molar-refractivity contribution in [3.8, 4) is 0 Å². The zero-order chi connectivity index (χ0) is 15.2. The van der Waals surface area contributed by atoms with Crippen LogP contribution in [-0.2, 0) is 4.79 Å². The first-order valence-corrected chi connectivity index (χ1v) is 7.84. The third-order valence-corrected chi connectivity index (χ3v) is 3.98. The summed E-state index contributed by atoms with van der Waals surface area (Å²) in [6.07, 6.45) is 0.575. The first kappa shape index (κ1) is 16.0. The summed E-state index contributed by atoms with van der Waals surface area (Å²) in [7, 11) is 2.12. The second-order valence-corrected chi connectivity index (χ2v) is 6.13. The highest BCUT2D eigenvalue weighted by Crippen LogP contribution is 2.25. The van der Waals surface area contributed by atoms with Crippen molar-refractivity contribution in [3.05, 3.63) is 35.9 Å². The highest BCUT2D eigenvalue weighted by Gasteiger charge is 2.29. The van der Waals surface area contributed by atoms with Crippen molar-refractivity contribution in [2.75, 3.05) is 33.2 Å². The number of piperazine rings is 1. The molecule has 0 bridgehead atoms. The van der Waals surface area contributed by atoms with Crippen molar-refractivity contribution in [1.82, 2.24) is 15.1 Å². The Hall–Kier alpha value is -1.39. The van der Waals surface area contributed by atoms with Crippen molar-refractivity contribution in [2.45, 2.75) is 32.4 Å². The van der Waals surface area contributed by atoms with Crippen LogP contribution in [0.5, 0.6) is 0 Å². The lowest BCUT2D eigenvalue weighted by Gasteiger charge is -2.40. The number of hydrogen-bond donors (Lipinski definition) is 1. The van der Waals surface area contributed by atoms with Gasteiger partial charge in [-0.15, -0.1) is 0 Å². The van der Waals surface area contributed by atoms with Gasteiger partial charge in [-0.05, 0) is 12.6 Å². The van der Waals surface area contributed by atoms with Gasteiger partial charge in [0.2, 0.25) is 5.91 Å². The molecule has 1 amide bonds. The normalized spacial score (nSPS) is 20.0. The van der Waals surface area contributed by atoms with Crippen LogP contribution in [0.2, 0.25) is 0 Å². The van der Waals surface area contributed by atoms with Crippen molar-refractivity contribution in [3.63, 3.8) is 0 Å². The minimum absolute atomic E-state index is 0.177. The molecule has 0 aromatic heterocycles. The van der Waals surface area contributed by atoms with Crippen LogP contribution in [0, 0.1) is 0 Å². The molecule has 21 heavy (non-hydrogen) atoms. The molecule has 1 atom stereocenters. The molecule has 4 nitrogen and oxygen atoms in total. The van der Waals surface area contributed by atoms with E-state index in [9.17, 15) is 4.79 Å². The summed E-state index contributed by atoms with van der Waals surface area (Å²) >= 11 is 0. The van der Waals surface area contributed by atoms with E-state index in [4.69, 9.17) is 0 Å². The molecule has 1 aliphatic rings. The van der Waals surface area contributed by atoms with Gasteiger partial charge >= 0.3 is 0 Å². The quantitative estimate of drug-likeness (QED) is 0.899. The van der Waals surface area contributed by atoms with Crippen LogP contribution in [0.25, 0.3) is 0 Å². The Kier molecular flexibility index (Phi) is 5.76. The second kappa shape index (κ2) is 7.57. The van der Waals surface area contributed by atoms with Gasteiger partial charge in [-0.2, -0.15) is 0 Å². The first-order chi connectivity index (χ1) is 10.1. The summed E-state index contributed by atoms with van der Waals surface area (Å²) in [5.41, 5.74) is 1.23. The lowest BCUT2D eigenvalue weighted by Crippen LogP contribution is -2.49. The number of carbonyl (C=O) groups is 1. The Morgan fingerprint density at radius 3 is 2.67 bits per heavy atom. The average Bonchev–Trinajstić information content (AvgIpc) is 2.47. The third-order valence-electron chi connectivity index (χ3n) is 3.98. The minimum atomic E-state index is 0.177. The van der Waals surface area contributed by atoms with E-state index in [0.717, 1.165) is 26.2 Å². The van der Waals surface area contributed by atoms with Crippen LogP contribution in [0.1, 0.15) is 31.9 Å². The van der Waals surface area contributed by atoms with Crippen molar-refractivity contribution in [1.29, 1.82) is 0 Å². The summed E-state index contributed by atoms with van der Waals surface area (Å²) in [5, 5.41) is 3.32.